The summed E-state index contributed by atoms with van der Waals surface area (Å²) in [4.78, 5) is 40.0. The number of benzene rings is 1. The largest absolute Gasteiger partial charge is 0.466 e. The lowest BCUT2D eigenvalue weighted by Gasteiger charge is -2.29. The third-order valence-corrected chi connectivity index (χ3v) is 3.59. The Hall–Kier alpha value is -2.37. The summed E-state index contributed by atoms with van der Waals surface area (Å²) in [6.45, 7) is 7.31. The quantitative estimate of drug-likeness (QED) is 0.632. The molecule has 1 saturated heterocycles. The number of carbonyl (C=O) groups excluding carboxylic acids is 3. The summed E-state index contributed by atoms with van der Waals surface area (Å²) >= 11 is 0. The molecule has 23 heavy (non-hydrogen) atoms. The van der Waals surface area contributed by atoms with Gasteiger partial charge in [-0.1, -0.05) is 18.2 Å². The van der Waals surface area contributed by atoms with Crippen LogP contribution in [0.25, 0.3) is 0 Å². The van der Waals surface area contributed by atoms with E-state index in [0.29, 0.717) is 5.69 Å². The van der Waals surface area contributed by atoms with E-state index in [2.05, 4.69) is 0 Å². The van der Waals surface area contributed by atoms with E-state index in [0.717, 1.165) is 0 Å². The zero-order valence-corrected chi connectivity index (χ0v) is 13.9. The molecule has 6 heteroatoms. The van der Waals surface area contributed by atoms with Crippen LogP contribution in [0.2, 0.25) is 0 Å². The van der Waals surface area contributed by atoms with Gasteiger partial charge in [0.05, 0.1) is 13.0 Å². The van der Waals surface area contributed by atoms with Crippen LogP contribution in [-0.4, -0.2) is 41.0 Å². The Morgan fingerprint density at radius 3 is 2.30 bits per heavy atom. The fourth-order valence-corrected chi connectivity index (χ4v) is 2.65. The second-order valence-corrected chi connectivity index (χ2v) is 6.36. The molecule has 0 spiro atoms. The molecule has 0 aromatic heterocycles. The highest BCUT2D eigenvalue weighted by Gasteiger charge is 2.50. The van der Waals surface area contributed by atoms with Gasteiger partial charge < -0.3 is 4.74 Å². The van der Waals surface area contributed by atoms with E-state index in [9.17, 15) is 14.4 Å². The molecule has 1 aliphatic rings. The maximum Gasteiger partial charge on any atom is 0.332 e. The molecule has 1 atom stereocenters. The van der Waals surface area contributed by atoms with Gasteiger partial charge >= 0.3 is 12.0 Å². The molecule has 1 heterocycles. The SMILES string of the molecule is CCOC(=O)CC1C(=O)N(C(C)(C)C)C(=O)N1c1ccccc1. The Morgan fingerprint density at radius 2 is 1.78 bits per heavy atom. The number of anilines is 1. The van der Waals surface area contributed by atoms with Crippen molar-refractivity contribution in [2.45, 2.75) is 45.7 Å². The molecule has 1 aliphatic heterocycles. The Kier molecular flexibility index (Phi) is 4.73. The number of amides is 3. The van der Waals surface area contributed by atoms with Crippen molar-refractivity contribution in [1.29, 1.82) is 0 Å². The Labute approximate surface area is 136 Å². The van der Waals surface area contributed by atoms with Crippen LogP contribution in [0.4, 0.5) is 10.5 Å². The summed E-state index contributed by atoms with van der Waals surface area (Å²) in [6, 6.07) is 7.60. The van der Waals surface area contributed by atoms with Crippen LogP contribution >= 0.6 is 0 Å². The standard InChI is InChI=1S/C17H22N2O4/c1-5-23-14(20)11-13-15(21)19(17(2,3)4)16(22)18(13)12-9-7-6-8-10-12/h6-10,13H,5,11H2,1-4H3. The van der Waals surface area contributed by atoms with Crippen LogP contribution in [0.5, 0.6) is 0 Å². The number of para-hydroxylation sites is 1. The minimum absolute atomic E-state index is 0.153. The molecule has 3 amide bonds. The van der Waals surface area contributed by atoms with Crippen LogP contribution in [0, 0.1) is 0 Å². The molecule has 0 N–H and O–H groups in total. The van der Waals surface area contributed by atoms with E-state index in [1.54, 1.807) is 52.0 Å². The zero-order valence-electron chi connectivity index (χ0n) is 13.9. The molecule has 0 aliphatic carbocycles. The van der Waals surface area contributed by atoms with Crippen molar-refractivity contribution in [3.8, 4) is 0 Å². The van der Waals surface area contributed by atoms with Gasteiger partial charge in [0.2, 0.25) is 0 Å². The van der Waals surface area contributed by atoms with Gasteiger partial charge in [0.15, 0.2) is 0 Å². The summed E-state index contributed by atoms with van der Waals surface area (Å²) < 4.78 is 4.94. The first-order valence-electron chi connectivity index (χ1n) is 7.65. The maximum absolute atomic E-state index is 12.8. The van der Waals surface area contributed by atoms with Gasteiger partial charge in [0, 0.05) is 11.2 Å². The molecule has 1 aromatic carbocycles. The van der Waals surface area contributed by atoms with Crippen molar-refractivity contribution < 1.29 is 19.1 Å². The van der Waals surface area contributed by atoms with Crippen molar-refractivity contribution in [3.05, 3.63) is 30.3 Å². The van der Waals surface area contributed by atoms with Crippen molar-refractivity contribution in [1.82, 2.24) is 4.90 Å². The molecule has 0 saturated carbocycles. The second-order valence-electron chi connectivity index (χ2n) is 6.36. The van der Waals surface area contributed by atoms with Crippen molar-refractivity contribution in [2.75, 3.05) is 11.5 Å². The molecule has 124 valence electrons. The van der Waals surface area contributed by atoms with E-state index in [1.807, 2.05) is 6.07 Å². The van der Waals surface area contributed by atoms with Gasteiger partial charge in [-0.25, -0.2) is 4.79 Å². The zero-order chi connectivity index (χ0) is 17.2. The Morgan fingerprint density at radius 1 is 1.17 bits per heavy atom. The molecular formula is C17H22N2O4. The number of imide groups is 1. The van der Waals surface area contributed by atoms with E-state index in [-0.39, 0.29) is 18.9 Å². The number of ether oxygens (including phenoxy) is 1. The first-order chi connectivity index (χ1) is 10.8. The molecule has 0 radical (unpaired) electrons. The van der Waals surface area contributed by atoms with Gasteiger partial charge in [0.25, 0.3) is 5.91 Å². The average Bonchev–Trinajstić information content (AvgIpc) is 2.70. The third kappa shape index (κ3) is 3.36. The highest BCUT2D eigenvalue weighted by Crippen LogP contribution is 2.32. The number of nitrogens with zero attached hydrogens (tertiary/aromatic N) is 2. The fourth-order valence-electron chi connectivity index (χ4n) is 2.65. The van der Waals surface area contributed by atoms with E-state index < -0.39 is 23.6 Å². The summed E-state index contributed by atoms with van der Waals surface area (Å²) in [7, 11) is 0. The molecule has 1 fully saturated rings. The lowest BCUT2D eigenvalue weighted by Crippen LogP contribution is -2.46. The van der Waals surface area contributed by atoms with Crippen molar-refractivity contribution in [3.63, 3.8) is 0 Å². The topological polar surface area (TPSA) is 66.9 Å². The fraction of sp³-hybridized carbons (Fsp3) is 0.471. The lowest BCUT2D eigenvalue weighted by molar-refractivity contribution is -0.145. The first kappa shape index (κ1) is 17.0. The Balaban J connectivity index is 2.40. The van der Waals surface area contributed by atoms with Crippen LogP contribution in [0.15, 0.2) is 30.3 Å². The van der Waals surface area contributed by atoms with Crippen LogP contribution < -0.4 is 4.90 Å². The summed E-state index contributed by atoms with van der Waals surface area (Å²) in [5.41, 5.74) is -0.0724. The Bertz CT molecular complexity index is 607. The third-order valence-electron chi connectivity index (χ3n) is 3.59. The minimum atomic E-state index is -0.872. The smallest absolute Gasteiger partial charge is 0.332 e. The molecule has 2 rings (SSSR count). The number of urea groups is 1. The second kappa shape index (κ2) is 6.40. The molecule has 1 aromatic rings. The predicted molar refractivity (Wildman–Crippen MR) is 86.0 cm³/mol. The normalized spacial score (nSPS) is 18.5. The van der Waals surface area contributed by atoms with Gasteiger partial charge in [-0.2, -0.15) is 0 Å². The van der Waals surface area contributed by atoms with Gasteiger partial charge in [-0.3, -0.25) is 19.4 Å². The van der Waals surface area contributed by atoms with E-state index in [1.165, 1.54) is 9.80 Å². The van der Waals surface area contributed by atoms with Gasteiger partial charge in [0.1, 0.15) is 6.04 Å². The predicted octanol–water partition coefficient (Wildman–Crippen LogP) is 2.58. The number of hydrogen-bond donors (Lipinski definition) is 0. The molecule has 0 bridgehead atoms. The lowest BCUT2D eigenvalue weighted by atomic mass is 10.1. The van der Waals surface area contributed by atoms with E-state index >= 15 is 0 Å². The van der Waals surface area contributed by atoms with Gasteiger partial charge in [-0.15, -0.1) is 0 Å². The summed E-state index contributed by atoms with van der Waals surface area (Å²) in [6.07, 6.45) is -0.153. The molecule has 1 unspecified atom stereocenters. The number of hydrogen-bond acceptors (Lipinski definition) is 4. The molecular weight excluding hydrogens is 296 g/mol. The van der Waals surface area contributed by atoms with Crippen LogP contribution in [0.1, 0.15) is 34.1 Å². The monoisotopic (exact) mass is 318 g/mol. The van der Waals surface area contributed by atoms with Gasteiger partial charge in [-0.05, 0) is 39.8 Å². The van der Waals surface area contributed by atoms with Crippen molar-refractivity contribution in [2.24, 2.45) is 0 Å². The highest BCUT2D eigenvalue weighted by atomic mass is 16.5. The first-order valence-corrected chi connectivity index (χ1v) is 7.65. The number of carbonyl (C=O) groups is 3. The number of esters is 1. The number of rotatable bonds is 4. The van der Waals surface area contributed by atoms with Crippen LogP contribution in [-0.2, 0) is 14.3 Å². The highest BCUT2D eigenvalue weighted by molar-refractivity contribution is 6.15. The summed E-state index contributed by atoms with van der Waals surface area (Å²) in [5, 5.41) is 0. The minimum Gasteiger partial charge on any atom is -0.466 e. The van der Waals surface area contributed by atoms with E-state index in [4.69, 9.17) is 4.74 Å². The van der Waals surface area contributed by atoms with Crippen LogP contribution in [0.3, 0.4) is 0 Å². The summed E-state index contributed by atoms with van der Waals surface area (Å²) in [5.74, 6) is -0.866. The maximum atomic E-state index is 12.8. The van der Waals surface area contributed by atoms with Crippen molar-refractivity contribution >= 4 is 23.6 Å². The average molecular weight is 318 g/mol. The molecule has 6 nitrogen and oxygen atoms in total.